The number of H-pyrrole nitrogens is 1. The number of rotatable bonds is 4. The lowest BCUT2D eigenvalue weighted by Gasteiger charge is -2.08. The van der Waals surface area contributed by atoms with Gasteiger partial charge >= 0.3 is 0 Å². The van der Waals surface area contributed by atoms with Crippen LogP contribution in [0.5, 0.6) is 11.5 Å². The Morgan fingerprint density at radius 3 is 2.50 bits per heavy atom. The van der Waals surface area contributed by atoms with E-state index < -0.39 is 5.91 Å². The number of hydrogen-bond donors (Lipinski definition) is 4. The normalized spacial score (nSPS) is 10.8. The van der Waals surface area contributed by atoms with Gasteiger partial charge in [0.1, 0.15) is 11.4 Å². The number of carbonyl (C=O) groups is 1. The van der Waals surface area contributed by atoms with E-state index in [1.807, 2.05) is 24.3 Å². The van der Waals surface area contributed by atoms with Crippen molar-refractivity contribution in [1.82, 2.24) is 10.3 Å². The molecule has 0 radical (unpaired) electrons. The van der Waals surface area contributed by atoms with Gasteiger partial charge in [-0.05, 0) is 35.9 Å². The first-order valence-corrected chi connectivity index (χ1v) is 8.21. The third kappa shape index (κ3) is 5.08. The van der Waals surface area contributed by atoms with E-state index in [1.165, 1.54) is 7.05 Å². The number of guanidine groups is 1. The fraction of sp³-hybridized carbons (Fsp3) is 0.111. The molecular formula is C18H20Cl3N5O2. The van der Waals surface area contributed by atoms with Crippen LogP contribution in [0.4, 0.5) is 0 Å². The molecule has 28 heavy (non-hydrogen) atoms. The molecule has 0 aliphatic heterocycles. The molecule has 1 heterocycles. The van der Waals surface area contributed by atoms with E-state index in [-0.39, 0.29) is 30.8 Å². The van der Waals surface area contributed by atoms with Gasteiger partial charge in [-0.15, -0.1) is 24.8 Å². The summed E-state index contributed by atoms with van der Waals surface area (Å²) >= 11 is 6.25. The number of hydrogen-bond acceptors (Lipinski definition) is 4. The van der Waals surface area contributed by atoms with E-state index in [4.69, 9.17) is 27.8 Å². The largest absolute Gasteiger partial charge is 0.455 e. The molecular weight excluding hydrogens is 425 g/mol. The Morgan fingerprint density at radius 1 is 1.21 bits per heavy atom. The van der Waals surface area contributed by atoms with Crippen LogP contribution in [0, 0.1) is 0 Å². The molecule has 0 saturated heterocycles. The Kier molecular flexibility index (Phi) is 8.59. The van der Waals surface area contributed by atoms with E-state index in [0.717, 1.165) is 5.56 Å². The number of carbonyl (C=O) groups excluding carboxylic acids is 1. The third-order valence-corrected chi connectivity index (χ3v) is 4.15. The Hall–Kier alpha value is -2.45. The van der Waals surface area contributed by atoms with Gasteiger partial charge in [0.05, 0.1) is 10.5 Å². The van der Waals surface area contributed by atoms with Crippen LogP contribution >= 0.6 is 36.4 Å². The summed E-state index contributed by atoms with van der Waals surface area (Å²) in [6.07, 6.45) is 0. The third-order valence-electron chi connectivity index (χ3n) is 3.82. The minimum Gasteiger partial charge on any atom is -0.455 e. The van der Waals surface area contributed by atoms with E-state index in [9.17, 15) is 4.79 Å². The molecule has 10 heteroatoms. The van der Waals surface area contributed by atoms with Crippen molar-refractivity contribution in [2.24, 2.45) is 16.5 Å². The fourth-order valence-electron chi connectivity index (χ4n) is 2.43. The van der Waals surface area contributed by atoms with Gasteiger partial charge in [-0.3, -0.25) is 15.1 Å². The number of aromatic nitrogens is 1. The van der Waals surface area contributed by atoms with Crippen LogP contribution in [0.25, 0.3) is 10.9 Å². The second-order valence-corrected chi connectivity index (χ2v) is 5.94. The topological polar surface area (TPSA) is 119 Å². The average molecular weight is 445 g/mol. The number of amides is 1. The van der Waals surface area contributed by atoms with Gasteiger partial charge < -0.3 is 21.2 Å². The summed E-state index contributed by atoms with van der Waals surface area (Å²) in [4.78, 5) is 19.0. The molecule has 1 aromatic heterocycles. The highest BCUT2D eigenvalue weighted by Crippen LogP contribution is 2.34. The van der Waals surface area contributed by atoms with Crippen LogP contribution in [0.2, 0.25) is 5.02 Å². The second kappa shape index (κ2) is 10.2. The predicted molar refractivity (Wildman–Crippen MR) is 117 cm³/mol. The quantitative estimate of drug-likeness (QED) is 0.363. The van der Waals surface area contributed by atoms with E-state index >= 15 is 0 Å². The van der Waals surface area contributed by atoms with Gasteiger partial charge in [0.15, 0.2) is 11.7 Å². The predicted octanol–water partition coefficient (Wildman–Crippen LogP) is 3.59. The maximum absolute atomic E-state index is 12.2. The molecule has 0 aliphatic rings. The number of ether oxygens (including phenoxy) is 1. The van der Waals surface area contributed by atoms with Gasteiger partial charge in [-0.25, -0.2) is 0 Å². The lowest BCUT2D eigenvalue weighted by molar-refractivity contribution is 0.0972. The standard InChI is InChI=1S/C18H18ClN5O2.2ClH/c1-22-18(21)24-17(25)14-8-12-13(19)6-7-15(16(12)23-14)26-11-4-2-10(9-20)3-5-11;;/h2-8,23H,9,20H2,1H3,(H3,21,22,24,25);2*1H. The van der Waals surface area contributed by atoms with Crippen molar-refractivity contribution >= 4 is 59.2 Å². The summed E-state index contributed by atoms with van der Waals surface area (Å²) < 4.78 is 5.93. The highest BCUT2D eigenvalue weighted by atomic mass is 35.5. The maximum atomic E-state index is 12.2. The van der Waals surface area contributed by atoms with E-state index in [0.29, 0.717) is 39.7 Å². The zero-order valence-electron chi connectivity index (χ0n) is 14.9. The molecule has 7 nitrogen and oxygen atoms in total. The minimum absolute atomic E-state index is 0. The molecule has 0 unspecified atom stereocenters. The maximum Gasteiger partial charge on any atom is 0.274 e. The lowest BCUT2D eigenvalue weighted by Crippen LogP contribution is -2.36. The number of nitrogens with two attached hydrogens (primary N) is 2. The van der Waals surface area contributed by atoms with Crippen molar-refractivity contribution in [1.29, 1.82) is 0 Å². The first-order chi connectivity index (χ1) is 12.5. The zero-order valence-corrected chi connectivity index (χ0v) is 17.3. The van der Waals surface area contributed by atoms with Crippen LogP contribution in [0.1, 0.15) is 16.1 Å². The summed E-state index contributed by atoms with van der Waals surface area (Å²) in [6.45, 7) is 0.463. The monoisotopic (exact) mass is 443 g/mol. The van der Waals surface area contributed by atoms with Crippen molar-refractivity contribution in [3.05, 3.63) is 58.7 Å². The van der Waals surface area contributed by atoms with Gasteiger partial charge in [0.25, 0.3) is 5.91 Å². The average Bonchev–Trinajstić information content (AvgIpc) is 3.11. The molecule has 3 rings (SSSR count). The van der Waals surface area contributed by atoms with E-state index in [1.54, 1.807) is 18.2 Å². The summed E-state index contributed by atoms with van der Waals surface area (Å²) in [5.41, 5.74) is 13.0. The van der Waals surface area contributed by atoms with Gasteiger partial charge in [0, 0.05) is 19.0 Å². The minimum atomic E-state index is -0.418. The van der Waals surface area contributed by atoms with Crippen LogP contribution in [-0.2, 0) is 6.54 Å². The molecule has 150 valence electrons. The smallest absolute Gasteiger partial charge is 0.274 e. The first kappa shape index (κ1) is 23.6. The van der Waals surface area contributed by atoms with Crippen LogP contribution in [-0.4, -0.2) is 23.9 Å². The van der Waals surface area contributed by atoms with Crippen LogP contribution in [0.15, 0.2) is 47.5 Å². The Balaban J connectivity index is 0.00000196. The number of fused-ring (bicyclic) bond motifs is 1. The summed E-state index contributed by atoms with van der Waals surface area (Å²) in [7, 11) is 1.49. The summed E-state index contributed by atoms with van der Waals surface area (Å²) in [6, 6.07) is 12.5. The van der Waals surface area contributed by atoms with Gasteiger partial charge in [-0.1, -0.05) is 23.7 Å². The fourth-order valence-corrected chi connectivity index (χ4v) is 2.64. The molecule has 2 aromatic carbocycles. The number of aromatic amines is 1. The summed E-state index contributed by atoms with van der Waals surface area (Å²) in [5, 5.41) is 3.63. The SMILES string of the molecule is CN=C(N)NC(=O)c1cc2c(Cl)ccc(Oc3ccc(CN)cc3)c2[nH]1.Cl.Cl. The van der Waals surface area contributed by atoms with E-state index in [2.05, 4.69) is 15.3 Å². The zero-order chi connectivity index (χ0) is 18.7. The Labute approximate surface area is 179 Å². The molecule has 0 saturated carbocycles. The van der Waals surface area contributed by atoms with Crippen molar-refractivity contribution in [2.45, 2.75) is 6.54 Å². The molecule has 3 aromatic rings. The summed E-state index contributed by atoms with van der Waals surface area (Å²) in [5.74, 6) is 0.796. The number of benzene rings is 2. The first-order valence-electron chi connectivity index (χ1n) is 7.83. The molecule has 1 amide bonds. The van der Waals surface area contributed by atoms with Crippen molar-refractivity contribution in [2.75, 3.05) is 7.05 Å². The molecule has 0 bridgehead atoms. The lowest BCUT2D eigenvalue weighted by atomic mass is 10.2. The Bertz CT molecular complexity index is 987. The molecule has 6 N–H and O–H groups in total. The molecule has 0 spiro atoms. The number of aliphatic imine (C=N–C) groups is 1. The molecule has 0 aliphatic carbocycles. The second-order valence-electron chi connectivity index (χ2n) is 5.53. The van der Waals surface area contributed by atoms with Gasteiger partial charge in [-0.2, -0.15) is 0 Å². The van der Waals surface area contributed by atoms with Crippen molar-refractivity contribution < 1.29 is 9.53 Å². The highest BCUT2D eigenvalue weighted by Gasteiger charge is 2.15. The molecule has 0 atom stereocenters. The Morgan fingerprint density at radius 2 is 1.89 bits per heavy atom. The van der Waals surface area contributed by atoms with Crippen LogP contribution < -0.4 is 21.5 Å². The molecule has 0 fully saturated rings. The number of halogens is 3. The van der Waals surface area contributed by atoms with Crippen LogP contribution in [0.3, 0.4) is 0 Å². The number of nitrogens with zero attached hydrogens (tertiary/aromatic N) is 1. The van der Waals surface area contributed by atoms with Crippen molar-refractivity contribution in [3.63, 3.8) is 0 Å². The van der Waals surface area contributed by atoms with Gasteiger partial charge in [0.2, 0.25) is 0 Å². The highest BCUT2D eigenvalue weighted by molar-refractivity contribution is 6.36. The van der Waals surface area contributed by atoms with Crippen molar-refractivity contribution in [3.8, 4) is 11.5 Å². The number of nitrogens with one attached hydrogen (secondary N) is 2.